The summed E-state index contributed by atoms with van der Waals surface area (Å²) in [7, 11) is 1.88. The van der Waals surface area contributed by atoms with E-state index < -0.39 is 22.8 Å². The number of carbonyl (C=O) groups is 2. The van der Waals surface area contributed by atoms with Gasteiger partial charge in [-0.2, -0.15) is 0 Å². The number of carbonyl (C=O) groups excluding carboxylic acids is 1. The number of carboxylic acids is 1. The van der Waals surface area contributed by atoms with Crippen LogP contribution in [0.4, 0.5) is 4.39 Å². The first kappa shape index (κ1) is 14.9. The number of aliphatic carboxylic acids is 1. The van der Waals surface area contributed by atoms with Crippen LogP contribution in [0.3, 0.4) is 0 Å². The number of aldehydes is 1. The fourth-order valence-electron chi connectivity index (χ4n) is 5.25. The second-order valence-corrected chi connectivity index (χ2v) is 7.22. The minimum absolute atomic E-state index is 0.0675. The Kier molecular flexibility index (Phi) is 3.02. The van der Waals surface area contributed by atoms with Crippen molar-refractivity contribution in [2.75, 3.05) is 0 Å². The highest BCUT2D eigenvalue weighted by Crippen LogP contribution is 2.76. The smallest absolute Gasteiger partial charge is 0.312 e. The second kappa shape index (κ2) is 4.66. The Hall–Kier alpha value is -1.69. The van der Waals surface area contributed by atoms with E-state index in [1.807, 2.05) is 7.85 Å². The van der Waals surface area contributed by atoms with Crippen LogP contribution in [-0.2, 0) is 16.0 Å². The van der Waals surface area contributed by atoms with Crippen LogP contribution in [0.5, 0.6) is 0 Å². The van der Waals surface area contributed by atoms with E-state index in [1.165, 1.54) is 18.2 Å². The van der Waals surface area contributed by atoms with Crippen molar-refractivity contribution in [3.63, 3.8) is 0 Å². The predicted octanol–water partition coefficient (Wildman–Crippen LogP) is 1.62. The molecule has 4 nitrogen and oxygen atoms in total. The van der Waals surface area contributed by atoms with E-state index in [0.29, 0.717) is 36.2 Å². The quantitative estimate of drug-likeness (QED) is 0.509. The molecule has 3 aliphatic rings. The molecule has 1 saturated heterocycles. The first-order chi connectivity index (χ1) is 11.0. The maximum Gasteiger partial charge on any atom is 0.312 e. The van der Waals surface area contributed by atoms with Crippen LogP contribution < -0.4 is 0 Å². The van der Waals surface area contributed by atoms with Gasteiger partial charge in [0.05, 0.1) is 11.5 Å². The fraction of sp³-hybridized carbons (Fsp3) is 0.529. The maximum absolute atomic E-state index is 13.5. The molecule has 1 aliphatic heterocycles. The highest BCUT2D eigenvalue weighted by molar-refractivity contribution is 6.15. The van der Waals surface area contributed by atoms with Crippen molar-refractivity contribution in [1.82, 2.24) is 0 Å². The topological polar surface area (TPSA) is 66.9 Å². The molecule has 0 amide bonds. The summed E-state index contributed by atoms with van der Waals surface area (Å²) in [6.07, 6.45) is 3.72. The van der Waals surface area contributed by atoms with Gasteiger partial charge >= 0.3 is 5.97 Å². The largest absolute Gasteiger partial charge is 0.481 e. The summed E-state index contributed by atoms with van der Waals surface area (Å²) >= 11 is 0. The lowest BCUT2D eigenvalue weighted by atomic mass is 9.44. The van der Waals surface area contributed by atoms with E-state index in [-0.39, 0.29) is 11.9 Å². The zero-order chi connectivity index (χ0) is 16.4. The normalized spacial score (nSPS) is 38.1. The number of ether oxygens (including phenoxy) is 1. The molecule has 0 bridgehead atoms. The summed E-state index contributed by atoms with van der Waals surface area (Å²) in [6, 6.07) is 4.04. The lowest BCUT2D eigenvalue weighted by Crippen LogP contribution is -2.62. The number of epoxide rings is 1. The monoisotopic (exact) mass is 316 g/mol. The first-order valence-corrected chi connectivity index (χ1v) is 8.10. The molecule has 6 heteroatoms. The SMILES string of the molecule is BC(Cc1cc(F)ccc1C=O)C1(C(=O)O)CC2CCC3OC231. The summed E-state index contributed by atoms with van der Waals surface area (Å²) in [5.41, 5.74) is -0.423. The molecule has 1 aromatic carbocycles. The Morgan fingerprint density at radius 1 is 1.52 bits per heavy atom. The van der Waals surface area contributed by atoms with Crippen molar-refractivity contribution in [3.8, 4) is 0 Å². The van der Waals surface area contributed by atoms with Crippen molar-refractivity contribution < 1.29 is 23.8 Å². The third-order valence-electron chi connectivity index (χ3n) is 6.39. The fourth-order valence-corrected chi connectivity index (χ4v) is 5.25. The Balaban J connectivity index is 1.66. The van der Waals surface area contributed by atoms with E-state index in [9.17, 15) is 19.1 Å². The number of carboxylic acid groups (broad SMARTS) is 1. The number of halogens is 1. The molecule has 1 spiro atoms. The molecule has 3 fully saturated rings. The summed E-state index contributed by atoms with van der Waals surface area (Å²) < 4.78 is 19.4. The lowest BCUT2D eigenvalue weighted by molar-refractivity contribution is -0.172. The number of hydrogen-bond donors (Lipinski definition) is 1. The Bertz CT molecular complexity index is 708. The standard InChI is InChI=1S/C17H18BFO4/c18-13(6-10-5-12(19)3-1-9(10)8-20)16(15(21)22)7-11-2-4-14-17(11,16)23-14/h1,3,5,8,11,13-14H,2,4,6-7,18H2,(H,21,22). The van der Waals surface area contributed by atoms with Crippen LogP contribution in [0.15, 0.2) is 18.2 Å². The minimum Gasteiger partial charge on any atom is -0.481 e. The van der Waals surface area contributed by atoms with Crippen molar-refractivity contribution >= 4 is 20.1 Å². The van der Waals surface area contributed by atoms with Gasteiger partial charge in [0.25, 0.3) is 0 Å². The molecule has 5 unspecified atom stereocenters. The minimum atomic E-state index is -0.911. The van der Waals surface area contributed by atoms with E-state index in [1.54, 1.807) is 0 Å². The predicted molar refractivity (Wildman–Crippen MR) is 82.8 cm³/mol. The van der Waals surface area contributed by atoms with Crippen molar-refractivity contribution in [2.45, 2.75) is 43.2 Å². The molecule has 1 aromatic rings. The molecule has 23 heavy (non-hydrogen) atoms. The van der Waals surface area contributed by atoms with Gasteiger partial charge in [-0.25, -0.2) is 4.39 Å². The Labute approximate surface area is 134 Å². The van der Waals surface area contributed by atoms with Crippen LogP contribution in [0.2, 0.25) is 5.82 Å². The van der Waals surface area contributed by atoms with Gasteiger partial charge in [0.1, 0.15) is 25.6 Å². The Morgan fingerprint density at radius 3 is 2.91 bits per heavy atom. The van der Waals surface area contributed by atoms with Gasteiger partial charge in [-0.05, 0) is 61.2 Å². The third kappa shape index (κ3) is 1.70. The van der Waals surface area contributed by atoms with Gasteiger partial charge in [0.2, 0.25) is 0 Å². The van der Waals surface area contributed by atoms with Crippen LogP contribution in [0, 0.1) is 17.2 Å². The second-order valence-electron chi connectivity index (χ2n) is 7.22. The summed E-state index contributed by atoms with van der Waals surface area (Å²) in [5, 5.41) is 9.93. The van der Waals surface area contributed by atoms with Crippen LogP contribution >= 0.6 is 0 Å². The number of rotatable bonds is 5. The molecule has 4 rings (SSSR count). The first-order valence-electron chi connectivity index (χ1n) is 8.10. The summed E-state index contributed by atoms with van der Waals surface area (Å²) in [5.74, 6) is -1.12. The number of benzene rings is 1. The molecule has 1 heterocycles. The van der Waals surface area contributed by atoms with E-state index >= 15 is 0 Å². The summed E-state index contributed by atoms with van der Waals surface area (Å²) in [6.45, 7) is 0. The van der Waals surface area contributed by atoms with Gasteiger partial charge in [0, 0.05) is 5.56 Å². The van der Waals surface area contributed by atoms with Crippen LogP contribution in [0.1, 0.15) is 35.2 Å². The van der Waals surface area contributed by atoms with Gasteiger partial charge in [-0.1, -0.05) is 0 Å². The Morgan fingerprint density at radius 2 is 2.30 bits per heavy atom. The van der Waals surface area contributed by atoms with E-state index in [0.717, 1.165) is 12.8 Å². The highest BCUT2D eigenvalue weighted by atomic mass is 19.1. The average molecular weight is 316 g/mol. The van der Waals surface area contributed by atoms with E-state index in [4.69, 9.17) is 4.74 Å². The summed E-state index contributed by atoms with van der Waals surface area (Å²) in [4.78, 5) is 23.3. The molecular weight excluding hydrogens is 298 g/mol. The molecule has 5 atom stereocenters. The third-order valence-corrected chi connectivity index (χ3v) is 6.39. The molecular formula is C17H18BFO4. The molecule has 2 aliphatic carbocycles. The molecule has 2 saturated carbocycles. The average Bonchev–Trinajstić information content (AvgIpc) is 3.18. The molecule has 0 radical (unpaired) electrons. The van der Waals surface area contributed by atoms with Gasteiger partial charge in [-0.15, -0.1) is 0 Å². The zero-order valence-corrected chi connectivity index (χ0v) is 12.9. The lowest BCUT2D eigenvalue weighted by Gasteiger charge is -2.53. The van der Waals surface area contributed by atoms with Gasteiger partial charge in [0.15, 0.2) is 0 Å². The van der Waals surface area contributed by atoms with Crippen LogP contribution in [0.25, 0.3) is 0 Å². The van der Waals surface area contributed by atoms with Gasteiger partial charge in [-0.3, -0.25) is 9.59 Å². The number of hydrogen-bond acceptors (Lipinski definition) is 3. The van der Waals surface area contributed by atoms with E-state index in [2.05, 4.69) is 0 Å². The molecule has 0 aromatic heterocycles. The van der Waals surface area contributed by atoms with Crippen molar-refractivity contribution in [1.29, 1.82) is 0 Å². The maximum atomic E-state index is 13.5. The highest BCUT2D eigenvalue weighted by Gasteiger charge is 2.85. The van der Waals surface area contributed by atoms with Crippen LogP contribution in [-0.4, -0.2) is 36.9 Å². The van der Waals surface area contributed by atoms with Crippen molar-refractivity contribution in [2.24, 2.45) is 11.3 Å². The zero-order valence-electron chi connectivity index (χ0n) is 12.9. The molecule has 1 N–H and O–H groups in total. The molecule has 120 valence electrons. The van der Waals surface area contributed by atoms with Crippen molar-refractivity contribution in [3.05, 3.63) is 35.1 Å². The van der Waals surface area contributed by atoms with Gasteiger partial charge < -0.3 is 9.84 Å².